The van der Waals surface area contributed by atoms with E-state index < -0.39 is 0 Å². The molecule has 1 amide bonds. The fourth-order valence-electron chi connectivity index (χ4n) is 2.02. The lowest BCUT2D eigenvalue weighted by atomic mass is 10.2. The van der Waals surface area contributed by atoms with Gasteiger partial charge in [-0.15, -0.1) is 0 Å². The second kappa shape index (κ2) is 5.16. The van der Waals surface area contributed by atoms with Crippen molar-refractivity contribution >= 4 is 17.4 Å². The summed E-state index contributed by atoms with van der Waals surface area (Å²) in [6.07, 6.45) is 3.11. The van der Waals surface area contributed by atoms with E-state index in [9.17, 15) is 4.79 Å². The second-order valence-electron chi connectivity index (χ2n) is 4.56. The minimum atomic E-state index is -0.238. The van der Waals surface area contributed by atoms with Crippen LogP contribution in [0.2, 0.25) is 0 Å². The molecule has 0 aliphatic heterocycles. The lowest BCUT2D eigenvalue weighted by Gasteiger charge is -2.09. The zero-order valence-corrected chi connectivity index (χ0v) is 11.4. The number of nitrogens with one attached hydrogen (secondary N) is 1. The van der Waals surface area contributed by atoms with E-state index in [-0.39, 0.29) is 5.91 Å². The average Bonchev–Trinajstić information content (AvgIpc) is 3.09. The zero-order valence-electron chi connectivity index (χ0n) is 11.4. The summed E-state index contributed by atoms with van der Waals surface area (Å²) in [6.45, 7) is 1.74. The molecule has 21 heavy (non-hydrogen) atoms. The van der Waals surface area contributed by atoms with Crippen molar-refractivity contribution in [1.82, 2.24) is 9.78 Å². The number of hydrogen-bond acceptors (Lipinski definition) is 4. The Morgan fingerprint density at radius 2 is 2.00 bits per heavy atom. The summed E-state index contributed by atoms with van der Waals surface area (Å²) in [6, 6.07) is 10.6. The molecule has 106 valence electrons. The van der Waals surface area contributed by atoms with Crippen molar-refractivity contribution in [3.05, 3.63) is 60.2 Å². The fraction of sp³-hybridized carbons (Fsp3) is 0.0667. The van der Waals surface area contributed by atoms with Gasteiger partial charge in [0.05, 0.1) is 23.7 Å². The van der Waals surface area contributed by atoms with Gasteiger partial charge >= 0.3 is 0 Å². The molecule has 6 heteroatoms. The lowest BCUT2D eigenvalue weighted by Crippen LogP contribution is -2.15. The molecule has 6 nitrogen and oxygen atoms in total. The quantitative estimate of drug-likeness (QED) is 0.723. The standard InChI is InChI=1S/C15H14N4O2/c1-10-13(7-9-21-10)15(20)18-14-6-8-17-19(14)12-4-2-11(16)3-5-12/h2-9H,16H2,1H3,(H,18,20). The number of hydrogen-bond donors (Lipinski definition) is 2. The van der Waals surface area contributed by atoms with E-state index in [0.29, 0.717) is 22.8 Å². The predicted octanol–water partition coefficient (Wildman–Crippen LogP) is 2.61. The van der Waals surface area contributed by atoms with Crippen molar-refractivity contribution in [2.45, 2.75) is 6.92 Å². The van der Waals surface area contributed by atoms with E-state index in [4.69, 9.17) is 10.2 Å². The van der Waals surface area contributed by atoms with Crippen LogP contribution in [0.1, 0.15) is 16.1 Å². The predicted molar refractivity (Wildman–Crippen MR) is 79.4 cm³/mol. The number of carbonyl (C=O) groups is 1. The number of aryl methyl sites for hydroxylation is 1. The van der Waals surface area contributed by atoms with Gasteiger partial charge in [0.1, 0.15) is 11.6 Å². The van der Waals surface area contributed by atoms with Gasteiger partial charge in [0.25, 0.3) is 5.91 Å². The van der Waals surface area contributed by atoms with Crippen molar-refractivity contribution in [3.63, 3.8) is 0 Å². The van der Waals surface area contributed by atoms with Crippen LogP contribution >= 0.6 is 0 Å². The van der Waals surface area contributed by atoms with E-state index in [2.05, 4.69) is 10.4 Å². The van der Waals surface area contributed by atoms with Crippen LogP contribution in [0.3, 0.4) is 0 Å². The number of benzene rings is 1. The number of nitrogens with zero attached hydrogens (tertiary/aromatic N) is 2. The van der Waals surface area contributed by atoms with Crippen molar-refractivity contribution < 1.29 is 9.21 Å². The van der Waals surface area contributed by atoms with Gasteiger partial charge in [0, 0.05) is 11.8 Å². The average molecular weight is 282 g/mol. The first-order valence-electron chi connectivity index (χ1n) is 6.40. The Bertz CT molecular complexity index is 771. The maximum absolute atomic E-state index is 12.2. The van der Waals surface area contributed by atoms with Crippen molar-refractivity contribution in [2.24, 2.45) is 0 Å². The number of anilines is 2. The number of furan rings is 1. The highest BCUT2D eigenvalue weighted by atomic mass is 16.3. The van der Waals surface area contributed by atoms with Gasteiger partial charge in [-0.2, -0.15) is 5.10 Å². The Hall–Kier alpha value is -3.02. The molecule has 3 N–H and O–H groups in total. The molecule has 0 radical (unpaired) electrons. The van der Waals surface area contributed by atoms with Gasteiger partial charge in [-0.3, -0.25) is 4.79 Å². The smallest absolute Gasteiger partial charge is 0.260 e. The molecular formula is C15H14N4O2. The molecule has 0 spiro atoms. The monoisotopic (exact) mass is 282 g/mol. The normalized spacial score (nSPS) is 10.5. The Labute approximate surface area is 121 Å². The maximum Gasteiger partial charge on any atom is 0.260 e. The molecule has 3 aromatic rings. The third-order valence-corrected chi connectivity index (χ3v) is 3.13. The summed E-state index contributed by atoms with van der Waals surface area (Å²) < 4.78 is 6.77. The first-order valence-corrected chi connectivity index (χ1v) is 6.40. The third kappa shape index (κ3) is 2.51. The highest BCUT2D eigenvalue weighted by Crippen LogP contribution is 2.18. The summed E-state index contributed by atoms with van der Waals surface area (Å²) in [5, 5.41) is 7.03. The van der Waals surface area contributed by atoms with Crippen LogP contribution in [0, 0.1) is 6.92 Å². The summed E-state index contributed by atoms with van der Waals surface area (Å²) in [5.74, 6) is 0.912. The van der Waals surface area contributed by atoms with Gasteiger partial charge in [0.15, 0.2) is 0 Å². The Kier molecular flexibility index (Phi) is 3.19. The second-order valence-corrected chi connectivity index (χ2v) is 4.56. The van der Waals surface area contributed by atoms with Gasteiger partial charge in [-0.1, -0.05) is 0 Å². The molecule has 1 aromatic carbocycles. The first-order chi connectivity index (χ1) is 10.1. The molecule has 0 fully saturated rings. The van der Waals surface area contributed by atoms with E-state index in [1.54, 1.807) is 42.1 Å². The number of rotatable bonds is 3. The highest BCUT2D eigenvalue weighted by molar-refractivity contribution is 6.04. The van der Waals surface area contributed by atoms with E-state index >= 15 is 0 Å². The third-order valence-electron chi connectivity index (χ3n) is 3.13. The summed E-state index contributed by atoms with van der Waals surface area (Å²) in [5.41, 5.74) is 7.66. The molecule has 0 unspecified atom stereocenters. The largest absolute Gasteiger partial charge is 0.469 e. The summed E-state index contributed by atoms with van der Waals surface area (Å²) >= 11 is 0. The topological polar surface area (TPSA) is 86.1 Å². The van der Waals surface area contributed by atoms with Crippen LogP contribution in [-0.2, 0) is 0 Å². The highest BCUT2D eigenvalue weighted by Gasteiger charge is 2.14. The van der Waals surface area contributed by atoms with Gasteiger partial charge in [-0.05, 0) is 37.3 Å². The summed E-state index contributed by atoms with van der Waals surface area (Å²) in [7, 11) is 0. The van der Waals surface area contributed by atoms with E-state index in [1.807, 2.05) is 12.1 Å². The first kappa shape index (κ1) is 13.0. The molecule has 0 saturated carbocycles. The maximum atomic E-state index is 12.2. The minimum Gasteiger partial charge on any atom is -0.469 e. The number of amides is 1. The SMILES string of the molecule is Cc1occc1C(=O)Nc1ccnn1-c1ccc(N)cc1. The lowest BCUT2D eigenvalue weighted by molar-refractivity contribution is 0.102. The molecular weight excluding hydrogens is 268 g/mol. The van der Waals surface area contributed by atoms with E-state index in [1.165, 1.54) is 6.26 Å². The molecule has 0 saturated heterocycles. The molecule has 0 bridgehead atoms. The van der Waals surface area contributed by atoms with Crippen LogP contribution in [0.4, 0.5) is 11.5 Å². The van der Waals surface area contributed by atoms with Crippen molar-refractivity contribution in [2.75, 3.05) is 11.1 Å². The van der Waals surface area contributed by atoms with Crippen LogP contribution in [-0.4, -0.2) is 15.7 Å². The summed E-state index contributed by atoms with van der Waals surface area (Å²) in [4.78, 5) is 12.2. The Morgan fingerprint density at radius 1 is 1.24 bits per heavy atom. The van der Waals surface area contributed by atoms with Crippen LogP contribution in [0.15, 0.2) is 53.3 Å². The molecule has 2 aromatic heterocycles. The number of carbonyl (C=O) groups excluding carboxylic acids is 1. The van der Waals surface area contributed by atoms with Crippen LogP contribution < -0.4 is 11.1 Å². The minimum absolute atomic E-state index is 0.238. The Balaban J connectivity index is 1.88. The molecule has 0 aliphatic rings. The van der Waals surface area contributed by atoms with Crippen LogP contribution in [0.25, 0.3) is 5.69 Å². The number of nitrogens with two attached hydrogens (primary N) is 1. The molecule has 0 aliphatic carbocycles. The van der Waals surface area contributed by atoms with E-state index in [0.717, 1.165) is 5.69 Å². The number of nitrogen functional groups attached to an aromatic ring is 1. The molecule has 2 heterocycles. The van der Waals surface area contributed by atoms with Crippen molar-refractivity contribution in [3.8, 4) is 5.69 Å². The Morgan fingerprint density at radius 3 is 2.67 bits per heavy atom. The number of aromatic nitrogens is 2. The molecule has 0 atom stereocenters. The van der Waals surface area contributed by atoms with Gasteiger partial charge < -0.3 is 15.5 Å². The van der Waals surface area contributed by atoms with Gasteiger partial charge in [0.2, 0.25) is 0 Å². The fourth-order valence-corrected chi connectivity index (χ4v) is 2.02. The van der Waals surface area contributed by atoms with Crippen molar-refractivity contribution in [1.29, 1.82) is 0 Å². The van der Waals surface area contributed by atoms with Crippen LogP contribution in [0.5, 0.6) is 0 Å². The van der Waals surface area contributed by atoms with Gasteiger partial charge in [-0.25, -0.2) is 4.68 Å². The molecule has 3 rings (SSSR count). The zero-order chi connectivity index (χ0) is 14.8.